The molecule has 0 aliphatic rings. The lowest BCUT2D eigenvalue weighted by Crippen LogP contribution is -2.39. The first-order chi connectivity index (χ1) is 4.61. The molecule has 0 bridgehead atoms. The van der Waals surface area contributed by atoms with E-state index in [1.54, 1.807) is 12.4 Å². The van der Waals surface area contributed by atoms with Crippen molar-refractivity contribution in [2.24, 2.45) is 0 Å². The van der Waals surface area contributed by atoms with Gasteiger partial charge in [0.2, 0.25) is 0 Å². The van der Waals surface area contributed by atoms with Crippen LogP contribution in [0.25, 0.3) is 0 Å². The number of rotatable bonds is 1. The standard InChI is InChI=1S/C7H12N2Si/c1-10(2,3)7-6-8-4-5-9-7/h4-6H,1-3H3. The van der Waals surface area contributed by atoms with Crippen molar-refractivity contribution < 1.29 is 0 Å². The highest BCUT2D eigenvalue weighted by Crippen LogP contribution is 1.96. The Kier molecular flexibility index (Phi) is 1.85. The van der Waals surface area contributed by atoms with Crippen LogP contribution in [0.15, 0.2) is 18.6 Å². The summed E-state index contributed by atoms with van der Waals surface area (Å²) in [5.74, 6) is 0. The molecule has 0 atom stereocenters. The van der Waals surface area contributed by atoms with E-state index in [1.165, 1.54) is 5.32 Å². The van der Waals surface area contributed by atoms with E-state index in [1.807, 2.05) is 6.20 Å². The summed E-state index contributed by atoms with van der Waals surface area (Å²) in [6.45, 7) is 6.78. The van der Waals surface area contributed by atoms with Gasteiger partial charge in [-0.1, -0.05) is 19.6 Å². The van der Waals surface area contributed by atoms with Crippen LogP contribution in [-0.2, 0) is 0 Å². The zero-order valence-electron chi connectivity index (χ0n) is 6.63. The van der Waals surface area contributed by atoms with Crippen molar-refractivity contribution in [2.45, 2.75) is 19.6 Å². The van der Waals surface area contributed by atoms with Crippen molar-refractivity contribution >= 4 is 13.4 Å². The van der Waals surface area contributed by atoms with Crippen molar-refractivity contribution in [1.29, 1.82) is 0 Å². The maximum Gasteiger partial charge on any atom is 0.103 e. The summed E-state index contributed by atoms with van der Waals surface area (Å²) < 4.78 is 0. The molecule has 1 rings (SSSR count). The predicted molar refractivity (Wildman–Crippen MR) is 45.0 cm³/mol. The molecule has 2 nitrogen and oxygen atoms in total. The summed E-state index contributed by atoms with van der Waals surface area (Å²) in [4.78, 5) is 8.27. The third-order valence-electron chi connectivity index (χ3n) is 1.33. The SMILES string of the molecule is C[Si](C)(C)c1cnccn1. The average Bonchev–Trinajstić information content (AvgIpc) is 1.88. The first-order valence-corrected chi connectivity index (χ1v) is 6.87. The molecule has 1 aromatic heterocycles. The predicted octanol–water partition coefficient (Wildman–Crippen LogP) is 1.02. The van der Waals surface area contributed by atoms with E-state index in [0.717, 1.165) is 0 Å². The van der Waals surface area contributed by atoms with E-state index in [4.69, 9.17) is 0 Å². The van der Waals surface area contributed by atoms with Crippen LogP contribution >= 0.6 is 0 Å². The maximum atomic E-state index is 4.25. The molecule has 0 aliphatic heterocycles. The lowest BCUT2D eigenvalue weighted by atomic mass is 10.8. The highest BCUT2D eigenvalue weighted by atomic mass is 28.3. The Morgan fingerprint density at radius 2 is 1.90 bits per heavy atom. The summed E-state index contributed by atoms with van der Waals surface area (Å²) in [5, 5.41) is 1.18. The Morgan fingerprint density at radius 3 is 2.20 bits per heavy atom. The van der Waals surface area contributed by atoms with Crippen LogP contribution in [0.3, 0.4) is 0 Å². The van der Waals surface area contributed by atoms with E-state index in [-0.39, 0.29) is 0 Å². The third kappa shape index (κ3) is 1.64. The molecule has 0 saturated heterocycles. The van der Waals surface area contributed by atoms with Gasteiger partial charge in [-0.05, 0) is 0 Å². The Labute approximate surface area is 62.3 Å². The molecule has 0 aliphatic carbocycles. The highest BCUT2D eigenvalue weighted by Gasteiger charge is 2.17. The van der Waals surface area contributed by atoms with Gasteiger partial charge in [-0.3, -0.25) is 9.97 Å². The summed E-state index contributed by atoms with van der Waals surface area (Å²) in [6.07, 6.45) is 5.34. The number of hydrogen-bond acceptors (Lipinski definition) is 2. The Bertz CT molecular complexity index is 203. The van der Waals surface area contributed by atoms with E-state index in [0.29, 0.717) is 0 Å². The number of nitrogens with zero attached hydrogens (tertiary/aromatic N) is 2. The van der Waals surface area contributed by atoms with E-state index >= 15 is 0 Å². The van der Waals surface area contributed by atoms with Crippen LogP contribution in [0.4, 0.5) is 0 Å². The van der Waals surface area contributed by atoms with Crippen LogP contribution < -0.4 is 5.32 Å². The Balaban J connectivity index is 2.97. The molecule has 0 radical (unpaired) electrons. The fourth-order valence-electron chi connectivity index (χ4n) is 0.686. The van der Waals surface area contributed by atoms with Gasteiger partial charge in [0, 0.05) is 23.9 Å². The second kappa shape index (κ2) is 2.50. The lowest BCUT2D eigenvalue weighted by molar-refractivity contribution is 1.23. The zero-order valence-corrected chi connectivity index (χ0v) is 7.63. The fraction of sp³-hybridized carbons (Fsp3) is 0.429. The molecule has 1 heterocycles. The van der Waals surface area contributed by atoms with Crippen LogP contribution in [0.1, 0.15) is 0 Å². The van der Waals surface area contributed by atoms with Crippen LogP contribution in [-0.4, -0.2) is 18.0 Å². The topological polar surface area (TPSA) is 25.8 Å². The molecule has 3 heteroatoms. The van der Waals surface area contributed by atoms with Crippen LogP contribution in [0.2, 0.25) is 19.6 Å². The van der Waals surface area contributed by atoms with Gasteiger partial charge in [-0.25, -0.2) is 0 Å². The molecule has 0 amide bonds. The van der Waals surface area contributed by atoms with Crippen molar-refractivity contribution in [3.8, 4) is 0 Å². The molecule has 10 heavy (non-hydrogen) atoms. The monoisotopic (exact) mass is 152 g/mol. The summed E-state index contributed by atoms with van der Waals surface area (Å²) >= 11 is 0. The smallest absolute Gasteiger partial charge is 0.103 e. The van der Waals surface area contributed by atoms with Gasteiger partial charge >= 0.3 is 0 Å². The Morgan fingerprint density at radius 1 is 1.20 bits per heavy atom. The molecule has 0 aromatic carbocycles. The van der Waals surface area contributed by atoms with Gasteiger partial charge in [0.25, 0.3) is 0 Å². The third-order valence-corrected chi connectivity index (χ3v) is 3.13. The Hall–Kier alpha value is -0.703. The van der Waals surface area contributed by atoms with Crippen molar-refractivity contribution in [3.05, 3.63) is 18.6 Å². The highest BCUT2D eigenvalue weighted by molar-refractivity contribution is 6.88. The normalized spacial score (nSPS) is 11.5. The minimum atomic E-state index is -1.21. The second-order valence-corrected chi connectivity index (χ2v) is 8.35. The summed E-state index contributed by atoms with van der Waals surface area (Å²) in [5.41, 5.74) is 0. The zero-order chi connectivity index (χ0) is 7.61. The van der Waals surface area contributed by atoms with E-state index in [9.17, 15) is 0 Å². The molecular formula is C7H12N2Si. The van der Waals surface area contributed by atoms with Gasteiger partial charge in [-0.15, -0.1) is 0 Å². The van der Waals surface area contributed by atoms with E-state index < -0.39 is 8.07 Å². The molecule has 0 saturated carbocycles. The lowest BCUT2D eigenvalue weighted by Gasteiger charge is -2.12. The van der Waals surface area contributed by atoms with Crippen LogP contribution in [0.5, 0.6) is 0 Å². The maximum absolute atomic E-state index is 4.25. The van der Waals surface area contributed by atoms with Crippen molar-refractivity contribution in [1.82, 2.24) is 9.97 Å². The minimum Gasteiger partial charge on any atom is -0.263 e. The van der Waals surface area contributed by atoms with Gasteiger partial charge in [0.1, 0.15) is 8.07 Å². The van der Waals surface area contributed by atoms with Crippen molar-refractivity contribution in [2.75, 3.05) is 0 Å². The van der Waals surface area contributed by atoms with E-state index in [2.05, 4.69) is 29.6 Å². The second-order valence-electron chi connectivity index (χ2n) is 3.34. The van der Waals surface area contributed by atoms with Gasteiger partial charge in [0.05, 0.1) is 0 Å². The molecule has 0 spiro atoms. The molecule has 1 aromatic rings. The molecule has 0 N–H and O–H groups in total. The number of hydrogen-bond donors (Lipinski definition) is 0. The molecule has 0 fully saturated rings. The molecule has 54 valence electrons. The first kappa shape index (κ1) is 7.40. The fourth-order valence-corrected chi connectivity index (χ4v) is 1.61. The summed E-state index contributed by atoms with van der Waals surface area (Å²) in [6, 6.07) is 0. The quantitative estimate of drug-likeness (QED) is 0.562. The first-order valence-electron chi connectivity index (χ1n) is 3.37. The van der Waals surface area contributed by atoms with Gasteiger partial charge < -0.3 is 0 Å². The number of aromatic nitrogens is 2. The van der Waals surface area contributed by atoms with Crippen molar-refractivity contribution in [3.63, 3.8) is 0 Å². The van der Waals surface area contributed by atoms with Gasteiger partial charge in [-0.2, -0.15) is 0 Å². The molecular weight excluding hydrogens is 140 g/mol. The largest absolute Gasteiger partial charge is 0.263 e. The average molecular weight is 152 g/mol. The van der Waals surface area contributed by atoms with Gasteiger partial charge in [0.15, 0.2) is 0 Å². The minimum absolute atomic E-state index is 1.18. The molecule has 0 unspecified atom stereocenters. The summed E-state index contributed by atoms with van der Waals surface area (Å²) in [7, 11) is -1.21. The van der Waals surface area contributed by atoms with Crippen LogP contribution in [0, 0.1) is 0 Å².